The van der Waals surface area contributed by atoms with Crippen LogP contribution in [0.4, 0.5) is 5.69 Å². The van der Waals surface area contributed by atoms with Gasteiger partial charge >= 0.3 is 0 Å². The summed E-state index contributed by atoms with van der Waals surface area (Å²) in [6, 6.07) is 11.8. The molecule has 2 aromatic rings. The minimum Gasteiger partial charge on any atom is -0.326 e. The van der Waals surface area contributed by atoms with Gasteiger partial charge < -0.3 is 9.88 Å². The van der Waals surface area contributed by atoms with Crippen molar-refractivity contribution in [2.24, 2.45) is 11.8 Å². The van der Waals surface area contributed by atoms with Crippen molar-refractivity contribution in [2.45, 2.75) is 62.3 Å². The zero-order valence-corrected chi connectivity index (χ0v) is 19.6. The van der Waals surface area contributed by atoms with Crippen LogP contribution in [0.1, 0.15) is 56.6 Å². The number of anilines is 1. The first-order valence-corrected chi connectivity index (χ1v) is 13.4. The molecule has 3 heterocycles. The molecule has 1 N–H and O–H groups in total. The summed E-state index contributed by atoms with van der Waals surface area (Å²) >= 11 is 0. The third kappa shape index (κ3) is 4.64. The molecule has 2 fully saturated rings. The van der Waals surface area contributed by atoms with Crippen molar-refractivity contribution >= 4 is 21.6 Å². The van der Waals surface area contributed by atoms with Gasteiger partial charge in [0.25, 0.3) is 5.56 Å². The number of piperidine rings is 1. The number of amides is 1. The number of carbonyl (C=O) groups excluding carboxylic acids is 1. The third-order valence-electron chi connectivity index (χ3n) is 7.42. The highest BCUT2D eigenvalue weighted by molar-refractivity contribution is 7.89. The summed E-state index contributed by atoms with van der Waals surface area (Å²) in [5.41, 5.74) is 1.54. The Balaban J connectivity index is 1.26. The molecule has 1 saturated heterocycles. The summed E-state index contributed by atoms with van der Waals surface area (Å²) < 4.78 is 30.1. The van der Waals surface area contributed by atoms with E-state index < -0.39 is 10.0 Å². The maximum atomic E-state index is 13.4. The number of nitrogens with one attached hydrogen (secondary N) is 1. The van der Waals surface area contributed by atoms with E-state index >= 15 is 0 Å². The van der Waals surface area contributed by atoms with Crippen LogP contribution < -0.4 is 10.9 Å². The second kappa shape index (κ2) is 9.06. The second-order valence-corrected chi connectivity index (χ2v) is 11.7. The van der Waals surface area contributed by atoms with Gasteiger partial charge in [0.05, 0.1) is 4.90 Å². The Bertz CT molecular complexity index is 1180. The summed E-state index contributed by atoms with van der Waals surface area (Å²) in [5, 5.41) is 2.92. The Kier molecular flexibility index (Phi) is 6.14. The highest BCUT2D eigenvalue weighted by Gasteiger charge is 2.39. The van der Waals surface area contributed by atoms with Crippen LogP contribution in [0.3, 0.4) is 0 Å². The van der Waals surface area contributed by atoms with Crippen LogP contribution in [0, 0.1) is 11.8 Å². The van der Waals surface area contributed by atoms with Crippen molar-refractivity contribution in [3.8, 4) is 0 Å². The van der Waals surface area contributed by atoms with Gasteiger partial charge in [-0.05, 0) is 61.4 Å². The number of sulfonamides is 1. The quantitative estimate of drug-likeness (QED) is 0.725. The molecule has 5 rings (SSSR count). The highest BCUT2D eigenvalue weighted by atomic mass is 32.2. The van der Waals surface area contributed by atoms with E-state index in [0.717, 1.165) is 25.0 Å². The number of hydrogen-bond acceptors (Lipinski definition) is 4. The predicted molar refractivity (Wildman–Crippen MR) is 127 cm³/mol. The number of benzene rings is 1. The maximum Gasteiger partial charge on any atom is 0.250 e. The van der Waals surface area contributed by atoms with Gasteiger partial charge in [0.1, 0.15) is 0 Å². The zero-order chi connectivity index (χ0) is 23.0. The smallest absolute Gasteiger partial charge is 0.250 e. The molecular formula is C25H31N3O4S. The van der Waals surface area contributed by atoms with E-state index in [1.807, 2.05) is 6.07 Å². The van der Waals surface area contributed by atoms with Crippen molar-refractivity contribution in [3.63, 3.8) is 0 Å². The van der Waals surface area contributed by atoms with Gasteiger partial charge in [0, 0.05) is 49.4 Å². The lowest BCUT2D eigenvalue weighted by molar-refractivity contribution is -0.117. The molecule has 1 aromatic carbocycles. The molecule has 0 radical (unpaired) electrons. The molecule has 1 aromatic heterocycles. The summed E-state index contributed by atoms with van der Waals surface area (Å²) in [4.78, 5) is 24.8. The average Bonchev–Trinajstić information content (AvgIpc) is 2.81. The fourth-order valence-corrected chi connectivity index (χ4v) is 7.34. The third-order valence-corrected chi connectivity index (χ3v) is 9.27. The molecule has 0 unspecified atom stereocenters. The number of hydrogen-bond donors (Lipinski definition) is 1. The fourth-order valence-electron chi connectivity index (χ4n) is 5.77. The minimum atomic E-state index is -3.65. The number of rotatable bonds is 5. The van der Waals surface area contributed by atoms with Gasteiger partial charge in [-0.1, -0.05) is 25.3 Å². The highest BCUT2D eigenvalue weighted by Crippen LogP contribution is 2.37. The molecule has 3 aliphatic rings. The van der Waals surface area contributed by atoms with Crippen LogP contribution in [-0.2, 0) is 21.4 Å². The van der Waals surface area contributed by atoms with Gasteiger partial charge in [0.15, 0.2) is 0 Å². The van der Waals surface area contributed by atoms with Gasteiger partial charge in [-0.3, -0.25) is 9.59 Å². The van der Waals surface area contributed by atoms with Gasteiger partial charge in [-0.15, -0.1) is 0 Å². The van der Waals surface area contributed by atoms with Crippen molar-refractivity contribution < 1.29 is 13.2 Å². The lowest BCUT2D eigenvalue weighted by Gasteiger charge is -2.42. The largest absolute Gasteiger partial charge is 0.326 e. The van der Waals surface area contributed by atoms with Crippen LogP contribution in [0.5, 0.6) is 0 Å². The molecule has 33 heavy (non-hydrogen) atoms. The number of fused-ring (bicyclic) bond motifs is 4. The number of carbonyl (C=O) groups is 1. The Labute approximate surface area is 194 Å². The summed E-state index contributed by atoms with van der Waals surface area (Å²) in [6.07, 6.45) is 7.32. The summed E-state index contributed by atoms with van der Waals surface area (Å²) in [6.45, 7) is 1.35. The monoisotopic (exact) mass is 469 g/mol. The molecule has 8 heteroatoms. The first-order chi connectivity index (χ1) is 15.9. The number of nitrogens with zero attached hydrogens (tertiary/aromatic N) is 2. The lowest BCUT2D eigenvalue weighted by atomic mass is 9.84. The molecule has 1 aliphatic carbocycles. The maximum absolute atomic E-state index is 13.4. The van der Waals surface area contributed by atoms with Gasteiger partial charge in [-0.25, -0.2) is 8.42 Å². The molecule has 1 amide bonds. The number of pyridine rings is 1. The van der Waals surface area contributed by atoms with Crippen molar-refractivity contribution in [1.82, 2.24) is 8.87 Å². The fraction of sp³-hybridized carbons (Fsp3) is 0.520. The molecule has 0 spiro atoms. The molecule has 2 atom stereocenters. The summed E-state index contributed by atoms with van der Waals surface area (Å²) in [7, 11) is -3.65. The molecule has 2 bridgehead atoms. The molecule has 1 saturated carbocycles. The van der Waals surface area contributed by atoms with Crippen LogP contribution in [0.2, 0.25) is 0 Å². The Morgan fingerprint density at radius 3 is 2.48 bits per heavy atom. The Morgan fingerprint density at radius 2 is 1.73 bits per heavy atom. The van der Waals surface area contributed by atoms with E-state index in [1.54, 1.807) is 45.3 Å². The average molecular weight is 470 g/mol. The molecule has 7 nitrogen and oxygen atoms in total. The lowest BCUT2D eigenvalue weighted by Crippen LogP contribution is -2.48. The standard InChI is InChI=1S/C25H31N3O4S/c29-24(14-18-5-2-1-3-6-18)26-21-9-11-22(12-10-21)33(31,32)27-15-19-13-20(17-27)23-7-4-8-25(30)28(23)16-19/h4,7-12,18-20H,1-3,5-6,13-17H2,(H,26,29)/t19-,20+/m1/s1. The zero-order valence-electron chi connectivity index (χ0n) is 18.8. The normalized spacial score (nSPS) is 23.6. The van der Waals surface area contributed by atoms with Crippen molar-refractivity contribution in [1.29, 1.82) is 0 Å². The van der Waals surface area contributed by atoms with E-state index in [4.69, 9.17) is 0 Å². The first kappa shape index (κ1) is 22.3. The van der Waals surface area contributed by atoms with E-state index in [1.165, 1.54) is 19.3 Å². The topological polar surface area (TPSA) is 88.5 Å². The SMILES string of the molecule is O=C(CC1CCCCC1)Nc1ccc(S(=O)(=O)N2C[C@H]3C[C@@H](C2)c2cccc(=O)n2C3)cc1. The van der Waals surface area contributed by atoms with E-state index in [0.29, 0.717) is 37.7 Å². The number of aromatic nitrogens is 1. The second-order valence-electron chi connectivity index (χ2n) is 9.80. The van der Waals surface area contributed by atoms with Crippen LogP contribution in [0.25, 0.3) is 0 Å². The minimum absolute atomic E-state index is 0.00438. The van der Waals surface area contributed by atoms with Crippen molar-refractivity contribution in [2.75, 3.05) is 18.4 Å². The molecule has 2 aliphatic heterocycles. The van der Waals surface area contributed by atoms with E-state index in [-0.39, 0.29) is 28.2 Å². The van der Waals surface area contributed by atoms with Gasteiger partial charge in [-0.2, -0.15) is 4.31 Å². The van der Waals surface area contributed by atoms with Gasteiger partial charge in [0.2, 0.25) is 15.9 Å². The van der Waals surface area contributed by atoms with Crippen LogP contribution in [0.15, 0.2) is 52.2 Å². The predicted octanol–water partition coefficient (Wildman–Crippen LogP) is 3.57. The first-order valence-electron chi connectivity index (χ1n) is 12.0. The van der Waals surface area contributed by atoms with Crippen molar-refractivity contribution in [3.05, 3.63) is 58.5 Å². The van der Waals surface area contributed by atoms with E-state index in [2.05, 4.69) is 5.32 Å². The summed E-state index contributed by atoms with van der Waals surface area (Å²) in [5.74, 6) is 0.609. The van der Waals surface area contributed by atoms with Crippen LogP contribution in [-0.4, -0.2) is 36.3 Å². The van der Waals surface area contributed by atoms with Crippen LogP contribution >= 0.6 is 0 Å². The Morgan fingerprint density at radius 1 is 0.970 bits per heavy atom. The molecular weight excluding hydrogens is 438 g/mol. The Hall–Kier alpha value is -2.45. The van der Waals surface area contributed by atoms with E-state index in [9.17, 15) is 18.0 Å². The molecule has 176 valence electrons.